The topological polar surface area (TPSA) is 26.3 Å². The van der Waals surface area contributed by atoms with Crippen LogP contribution in [0.25, 0.3) is 0 Å². The van der Waals surface area contributed by atoms with E-state index < -0.39 is 0 Å². The standard InChI is InChI=1S/C10H17O2/c1-3-4-5-6-7-8-9-10(11)12-2/h5-6H,1,3-4,7-9H2,2H3/b6-5+. The Hall–Kier alpha value is -0.790. The van der Waals surface area contributed by atoms with Gasteiger partial charge in [0.05, 0.1) is 7.11 Å². The molecule has 0 unspecified atom stereocenters. The molecule has 0 N–H and O–H groups in total. The summed E-state index contributed by atoms with van der Waals surface area (Å²) in [5.41, 5.74) is 0. The highest BCUT2D eigenvalue weighted by atomic mass is 16.5. The molecule has 0 aromatic carbocycles. The summed E-state index contributed by atoms with van der Waals surface area (Å²) in [4.78, 5) is 10.6. The first-order chi connectivity index (χ1) is 5.81. The number of rotatable bonds is 6. The monoisotopic (exact) mass is 169 g/mol. The van der Waals surface area contributed by atoms with E-state index in [1.807, 2.05) is 0 Å². The Kier molecular flexibility index (Phi) is 7.76. The van der Waals surface area contributed by atoms with Gasteiger partial charge >= 0.3 is 5.97 Å². The fourth-order valence-electron chi connectivity index (χ4n) is 0.820. The third-order valence-corrected chi connectivity index (χ3v) is 1.52. The molecule has 0 bridgehead atoms. The van der Waals surface area contributed by atoms with Crippen LogP contribution < -0.4 is 0 Å². The maximum absolute atomic E-state index is 10.6. The summed E-state index contributed by atoms with van der Waals surface area (Å²) < 4.78 is 4.50. The van der Waals surface area contributed by atoms with Gasteiger partial charge in [-0.25, -0.2) is 0 Å². The van der Waals surface area contributed by atoms with Crippen molar-refractivity contribution in [1.82, 2.24) is 0 Å². The fourth-order valence-corrected chi connectivity index (χ4v) is 0.820. The van der Waals surface area contributed by atoms with Crippen LogP contribution in [0.4, 0.5) is 0 Å². The van der Waals surface area contributed by atoms with Crippen LogP contribution in [-0.2, 0) is 9.53 Å². The fraction of sp³-hybridized carbons (Fsp3) is 0.600. The normalized spacial score (nSPS) is 10.5. The average Bonchev–Trinajstić information content (AvgIpc) is 2.10. The van der Waals surface area contributed by atoms with Crippen molar-refractivity contribution in [1.29, 1.82) is 0 Å². The number of hydrogen-bond acceptors (Lipinski definition) is 2. The average molecular weight is 169 g/mol. The van der Waals surface area contributed by atoms with Gasteiger partial charge in [-0.2, -0.15) is 0 Å². The third kappa shape index (κ3) is 7.32. The van der Waals surface area contributed by atoms with Gasteiger partial charge in [0.1, 0.15) is 0 Å². The van der Waals surface area contributed by atoms with Gasteiger partial charge < -0.3 is 4.74 Å². The molecule has 2 nitrogen and oxygen atoms in total. The van der Waals surface area contributed by atoms with Crippen LogP contribution in [0.1, 0.15) is 32.1 Å². The lowest BCUT2D eigenvalue weighted by Gasteiger charge is -1.95. The molecule has 0 saturated heterocycles. The molecular weight excluding hydrogens is 152 g/mol. The molecule has 0 aliphatic heterocycles. The summed E-state index contributed by atoms with van der Waals surface area (Å²) in [5.74, 6) is -0.124. The number of ether oxygens (including phenoxy) is 1. The lowest BCUT2D eigenvalue weighted by Crippen LogP contribution is -1.98. The van der Waals surface area contributed by atoms with Crippen LogP contribution in [0.5, 0.6) is 0 Å². The minimum Gasteiger partial charge on any atom is -0.469 e. The molecule has 0 aliphatic carbocycles. The maximum atomic E-state index is 10.6. The van der Waals surface area contributed by atoms with Gasteiger partial charge in [0, 0.05) is 6.42 Å². The number of unbranched alkanes of at least 4 members (excludes halogenated alkanes) is 2. The van der Waals surface area contributed by atoms with E-state index in [0.717, 1.165) is 25.7 Å². The van der Waals surface area contributed by atoms with Gasteiger partial charge in [-0.05, 0) is 25.7 Å². The molecule has 0 aromatic heterocycles. The van der Waals surface area contributed by atoms with Crippen LogP contribution in [-0.4, -0.2) is 13.1 Å². The largest absolute Gasteiger partial charge is 0.469 e. The van der Waals surface area contributed by atoms with Crippen LogP contribution in [0.3, 0.4) is 0 Å². The van der Waals surface area contributed by atoms with Crippen molar-refractivity contribution < 1.29 is 9.53 Å². The van der Waals surface area contributed by atoms with Crippen molar-refractivity contribution in [2.24, 2.45) is 0 Å². The van der Waals surface area contributed by atoms with Crippen LogP contribution in [0.2, 0.25) is 0 Å². The second-order valence-corrected chi connectivity index (χ2v) is 2.58. The Balaban J connectivity index is 3.15. The minimum atomic E-state index is -0.124. The van der Waals surface area contributed by atoms with E-state index in [1.165, 1.54) is 7.11 Å². The number of carbonyl (C=O) groups excluding carboxylic acids is 1. The summed E-state index contributed by atoms with van der Waals surface area (Å²) in [6.45, 7) is 3.72. The molecule has 0 heterocycles. The van der Waals surface area contributed by atoms with Gasteiger partial charge in [-0.1, -0.05) is 19.1 Å². The van der Waals surface area contributed by atoms with Gasteiger partial charge in [0.2, 0.25) is 0 Å². The van der Waals surface area contributed by atoms with Crippen molar-refractivity contribution in [2.45, 2.75) is 32.1 Å². The molecule has 0 atom stereocenters. The summed E-state index contributed by atoms with van der Waals surface area (Å²) in [6, 6.07) is 0. The van der Waals surface area contributed by atoms with Crippen LogP contribution in [0.15, 0.2) is 12.2 Å². The second-order valence-electron chi connectivity index (χ2n) is 2.58. The molecule has 0 aliphatic rings. The van der Waals surface area contributed by atoms with E-state index in [-0.39, 0.29) is 5.97 Å². The van der Waals surface area contributed by atoms with Crippen molar-refractivity contribution in [3.05, 3.63) is 19.1 Å². The van der Waals surface area contributed by atoms with E-state index in [4.69, 9.17) is 0 Å². The number of methoxy groups -OCH3 is 1. The first kappa shape index (κ1) is 11.2. The summed E-state index contributed by atoms with van der Waals surface area (Å²) in [6.07, 6.45) is 8.50. The maximum Gasteiger partial charge on any atom is 0.305 e. The van der Waals surface area contributed by atoms with E-state index in [2.05, 4.69) is 23.8 Å². The first-order valence-corrected chi connectivity index (χ1v) is 4.32. The first-order valence-electron chi connectivity index (χ1n) is 4.32. The van der Waals surface area contributed by atoms with Crippen molar-refractivity contribution in [2.75, 3.05) is 7.11 Å². The highest BCUT2D eigenvalue weighted by Crippen LogP contribution is 1.99. The van der Waals surface area contributed by atoms with E-state index in [9.17, 15) is 4.79 Å². The van der Waals surface area contributed by atoms with E-state index >= 15 is 0 Å². The summed E-state index contributed by atoms with van der Waals surface area (Å²) in [7, 11) is 1.42. The third-order valence-electron chi connectivity index (χ3n) is 1.52. The molecule has 0 aromatic rings. The number of carbonyl (C=O) groups is 1. The Morgan fingerprint density at radius 3 is 2.67 bits per heavy atom. The zero-order valence-corrected chi connectivity index (χ0v) is 7.71. The molecule has 69 valence electrons. The Labute approximate surface area is 74.6 Å². The summed E-state index contributed by atoms with van der Waals surface area (Å²) >= 11 is 0. The second kappa shape index (κ2) is 8.31. The Morgan fingerprint density at radius 1 is 1.42 bits per heavy atom. The smallest absolute Gasteiger partial charge is 0.305 e. The summed E-state index contributed by atoms with van der Waals surface area (Å²) in [5, 5.41) is 0. The molecule has 0 fully saturated rings. The molecule has 0 spiro atoms. The van der Waals surface area contributed by atoms with E-state index in [1.54, 1.807) is 0 Å². The van der Waals surface area contributed by atoms with Crippen LogP contribution in [0, 0.1) is 6.92 Å². The lowest BCUT2D eigenvalue weighted by atomic mass is 10.2. The molecule has 0 rings (SSSR count). The molecule has 2 heteroatoms. The SMILES string of the molecule is [CH2]CC/C=C/CCCC(=O)OC. The van der Waals surface area contributed by atoms with Gasteiger partial charge in [0.15, 0.2) is 0 Å². The quantitative estimate of drug-likeness (QED) is 0.347. The van der Waals surface area contributed by atoms with Crippen molar-refractivity contribution >= 4 is 5.97 Å². The number of esters is 1. The number of allylic oxidation sites excluding steroid dienone is 2. The zero-order chi connectivity index (χ0) is 9.23. The highest BCUT2D eigenvalue weighted by Gasteiger charge is 1.96. The van der Waals surface area contributed by atoms with Crippen molar-refractivity contribution in [3.63, 3.8) is 0 Å². The van der Waals surface area contributed by atoms with Crippen molar-refractivity contribution in [3.8, 4) is 0 Å². The predicted molar refractivity (Wildman–Crippen MR) is 49.6 cm³/mol. The zero-order valence-electron chi connectivity index (χ0n) is 7.71. The minimum absolute atomic E-state index is 0.124. The van der Waals surface area contributed by atoms with Gasteiger partial charge in [-0.15, -0.1) is 0 Å². The van der Waals surface area contributed by atoms with Crippen LogP contribution >= 0.6 is 0 Å². The highest BCUT2D eigenvalue weighted by molar-refractivity contribution is 5.68. The lowest BCUT2D eigenvalue weighted by molar-refractivity contribution is -0.140. The Bertz CT molecular complexity index is 139. The Morgan fingerprint density at radius 2 is 2.08 bits per heavy atom. The van der Waals surface area contributed by atoms with Gasteiger partial charge in [0.25, 0.3) is 0 Å². The van der Waals surface area contributed by atoms with E-state index in [0.29, 0.717) is 6.42 Å². The predicted octanol–water partition coefficient (Wildman–Crippen LogP) is 2.50. The molecule has 0 saturated carbocycles. The molecule has 12 heavy (non-hydrogen) atoms. The van der Waals surface area contributed by atoms with Gasteiger partial charge in [-0.3, -0.25) is 4.79 Å². The molecule has 0 amide bonds. The number of hydrogen-bond donors (Lipinski definition) is 0. The molecule has 1 radical (unpaired) electrons. The molecular formula is C10H17O2.